The van der Waals surface area contributed by atoms with E-state index in [9.17, 15) is 22.8 Å². The quantitative estimate of drug-likeness (QED) is 0.363. The smallest absolute Gasteiger partial charge is 0.339 e. The fraction of sp³-hybridized carbons (Fsp3) is 0.458. The number of rotatable bonds is 9. The molecule has 1 aliphatic carbocycles. The molecule has 1 atom stereocenters. The van der Waals surface area contributed by atoms with E-state index in [1.54, 1.807) is 12.1 Å². The predicted octanol–water partition coefficient (Wildman–Crippen LogP) is 3.46. The first-order chi connectivity index (χ1) is 16.6. The maximum atomic E-state index is 13.4. The highest BCUT2D eigenvalue weighted by molar-refractivity contribution is 9.09. The van der Waals surface area contributed by atoms with Crippen molar-refractivity contribution in [2.45, 2.75) is 48.9 Å². The molecule has 1 aromatic carbocycles. The number of H-pyrrole nitrogens is 1. The minimum Gasteiger partial charge on any atom is -0.468 e. The van der Waals surface area contributed by atoms with Crippen LogP contribution in [0.4, 0.5) is 0 Å². The second kappa shape index (κ2) is 11.5. The Hall–Kier alpha value is -2.50. The van der Waals surface area contributed by atoms with Gasteiger partial charge in [-0.05, 0) is 43.9 Å². The van der Waals surface area contributed by atoms with Crippen molar-refractivity contribution in [3.05, 3.63) is 63.1 Å². The van der Waals surface area contributed by atoms with Gasteiger partial charge in [-0.25, -0.2) is 13.2 Å². The molecule has 1 aliphatic rings. The summed E-state index contributed by atoms with van der Waals surface area (Å²) in [6, 6.07) is 7.59. The third-order valence-electron chi connectivity index (χ3n) is 6.19. The molecule has 0 saturated heterocycles. The van der Waals surface area contributed by atoms with Crippen molar-refractivity contribution in [2.75, 3.05) is 20.8 Å². The zero-order valence-electron chi connectivity index (χ0n) is 19.9. The molecule has 0 amide bonds. The molecule has 3 rings (SSSR count). The molecule has 190 valence electrons. The summed E-state index contributed by atoms with van der Waals surface area (Å²) in [6.45, 7) is 0.766. The summed E-state index contributed by atoms with van der Waals surface area (Å²) in [6.07, 6.45) is 4.08. The number of carbonyl (C=O) groups excluding carboxylic acids is 2. The van der Waals surface area contributed by atoms with E-state index in [1.165, 1.54) is 25.3 Å². The summed E-state index contributed by atoms with van der Waals surface area (Å²) in [4.78, 5) is 40.1. The van der Waals surface area contributed by atoms with Gasteiger partial charge in [0.1, 0.15) is 6.54 Å². The summed E-state index contributed by atoms with van der Waals surface area (Å²) in [5.74, 6) is -1.26. The Kier molecular flexibility index (Phi) is 8.89. The molecule has 0 bridgehead atoms. The average Bonchev–Trinajstić information content (AvgIpc) is 3.38. The van der Waals surface area contributed by atoms with Crippen LogP contribution in [0.5, 0.6) is 0 Å². The van der Waals surface area contributed by atoms with Crippen molar-refractivity contribution >= 4 is 37.9 Å². The molecule has 0 radical (unpaired) electrons. The van der Waals surface area contributed by atoms with E-state index in [0.29, 0.717) is 5.56 Å². The van der Waals surface area contributed by atoms with Crippen LogP contribution in [-0.4, -0.2) is 50.4 Å². The molecule has 1 unspecified atom stereocenters. The molecule has 9 nitrogen and oxygen atoms in total. The van der Waals surface area contributed by atoms with E-state index in [-0.39, 0.29) is 26.9 Å². The van der Waals surface area contributed by atoms with Crippen LogP contribution in [0.15, 0.2) is 40.0 Å². The van der Waals surface area contributed by atoms with Gasteiger partial charge >= 0.3 is 11.9 Å². The van der Waals surface area contributed by atoms with E-state index in [2.05, 4.69) is 25.7 Å². The molecule has 1 heterocycles. The predicted molar refractivity (Wildman–Crippen MR) is 133 cm³/mol. The third-order valence-corrected chi connectivity index (χ3v) is 9.24. The summed E-state index contributed by atoms with van der Waals surface area (Å²) in [5, 5.41) is 0. The van der Waals surface area contributed by atoms with Gasteiger partial charge in [0.05, 0.1) is 31.2 Å². The first kappa shape index (κ1) is 27.1. The van der Waals surface area contributed by atoms with Gasteiger partial charge in [0.25, 0.3) is 5.56 Å². The number of nitrogens with zero attached hydrogens (tertiary/aromatic N) is 1. The Bertz CT molecular complexity index is 1240. The highest BCUT2D eigenvalue weighted by Crippen LogP contribution is 2.40. The van der Waals surface area contributed by atoms with Gasteiger partial charge in [0, 0.05) is 16.1 Å². The number of alkyl halides is 1. The number of benzene rings is 1. The van der Waals surface area contributed by atoms with Crippen LogP contribution in [0, 0.1) is 12.8 Å². The Morgan fingerprint density at radius 2 is 1.77 bits per heavy atom. The fourth-order valence-electron chi connectivity index (χ4n) is 4.18. The van der Waals surface area contributed by atoms with Crippen LogP contribution < -0.4 is 5.56 Å². The van der Waals surface area contributed by atoms with Crippen LogP contribution >= 0.6 is 15.9 Å². The number of hydrogen-bond acceptors (Lipinski definition) is 7. The van der Waals surface area contributed by atoms with E-state index in [4.69, 9.17) is 4.74 Å². The molecule has 1 N–H and O–H groups in total. The van der Waals surface area contributed by atoms with Gasteiger partial charge < -0.3 is 14.5 Å². The lowest BCUT2D eigenvalue weighted by Crippen LogP contribution is -2.37. The van der Waals surface area contributed by atoms with E-state index in [0.717, 1.165) is 42.7 Å². The average molecular weight is 569 g/mol. The normalized spacial score (nSPS) is 15.2. The van der Waals surface area contributed by atoms with Crippen LogP contribution in [0.2, 0.25) is 0 Å². The topological polar surface area (TPSA) is 123 Å². The summed E-state index contributed by atoms with van der Waals surface area (Å²) in [5.41, 5.74) is 0.854. The van der Waals surface area contributed by atoms with Crippen LogP contribution in [0.25, 0.3) is 0 Å². The van der Waals surface area contributed by atoms with Crippen molar-refractivity contribution in [1.82, 2.24) is 9.29 Å². The number of hydrogen-bond donors (Lipinski definition) is 1. The molecule has 35 heavy (non-hydrogen) atoms. The first-order valence-electron chi connectivity index (χ1n) is 11.2. The number of halogens is 1. The summed E-state index contributed by atoms with van der Waals surface area (Å²) in [7, 11) is -1.82. The van der Waals surface area contributed by atoms with Gasteiger partial charge in [0.15, 0.2) is 0 Å². The molecular formula is C24H29BrN2O7S. The number of esters is 2. The van der Waals surface area contributed by atoms with Crippen LogP contribution in [-0.2, 0) is 30.8 Å². The van der Waals surface area contributed by atoms with Gasteiger partial charge in [0.2, 0.25) is 10.0 Å². The summed E-state index contributed by atoms with van der Waals surface area (Å²) < 4.78 is 37.2. The number of ether oxygens (including phenoxy) is 2. The van der Waals surface area contributed by atoms with E-state index < -0.39 is 40.6 Å². The first-order valence-corrected chi connectivity index (χ1v) is 13.6. The Morgan fingerprint density at radius 3 is 2.34 bits per heavy atom. The molecule has 11 heteroatoms. The molecule has 0 aliphatic heterocycles. The zero-order chi connectivity index (χ0) is 25.8. The van der Waals surface area contributed by atoms with Gasteiger partial charge in [-0.3, -0.25) is 9.59 Å². The summed E-state index contributed by atoms with van der Waals surface area (Å²) >= 11 is 3.61. The lowest BCUT2D eigenvalue weighted by molar-refractivity contribution is -0.140. The highest BCUT2D eigenvalue weighted by Gasteiger charge is 2.31. The number of carbonyl (C=O) groups is 2. The SMILES string of the molecule is COC(=O)CN(Cc1[nH]c(=O)c(C(Br)C2CCCC2)cc1C(=O)OC)S(=O)(=O)c1ccc(C)cc1. The van der Waals surface area contributed by atoms with Crippen molar-refractivity contribution < 1.29 is 27.5 Å². The Labute approximate surface area is 213 Å². The number of aromatic amines is 1. The van der Waals surface area contributed by atoms with Crippen molar-refractivity contribution in [1.29, 1.82) is 0 Å². The van der Waals surface area contributed by atoms with Gasteiger partial charge in [-0.1, -0.05) is 46.5 Å². The number of pyridine rings is 1. The van der Waals surface area contributed by atoms with Crippen molar-refractivity contribution in [2.24, 2.45) is 5.92 Å². The Balaban J connectivity index is 2.06. The van der Waals surface area contributed by atoms with Crippen molar-refractivity contribution in [3.63, 3.8) is 0 Å². The number of aromatic nitrogens is 1. The standard InChI is InChI=1S/C24H29BrN2O7S/c1-15-8-10-17(11-9-15)35(31,32)27(14-21(28)33-2)13-20-18(24(30)34-3)12-19(23(29)26-20)22(25)16-6-4-5-7-16/h8-12,16,22H,4-7,13-14H2,1-3H3,(H,26,29). The fourth-order valence-corrected chi connectivity index (χ4v) is 6.40. The Morgan fingerprint density at radius 1 is 1.14 bits per heavy atom. The van der Waals surface area contributed by atoms with Gasteiger partial charge in [-0.2, -0.15) is 4.31 Å². The molecule has 1 saturated carbocycles. The zero-order valence-corrected chi connectivity index (χ0v) is 22.3. The second-order valence-electron chi connectivity index (χ2n) is 8.55. The lowest BCUT2D eigenvalue weighted by atomic mass is 9.97. The largest absolute Gasteiger partial charge is 0.468 e. The van der Waals surface area contributed by atoms with E-state index >= 15 is 0 Å². The lowest BCUT2D eigenvalue weighted by Gasteiger charge is -2.23. The van der Waals surface area contributed by atoms with Crippen LogP contribution in [0.1, 0.15) is 57.7 Å². The number of aryl methyl sites for hydroxylation is 1. The molecule has 2 aromatic rings. The van der Waals surface area contributed by atoms with E-state index in [1.807, 2.05) is 6.92 Å². The van der Waals surface area contributed by atoms with Crippen molar-refractivity contribution in [3.8, 4) is 0 Å². The second-order valence-corrected chi connectivity index (χ2v) is 11.5. The molecule has 1 aromatic heterocycles. The number of nitrogens with one attached hydrogen (secondary N) is 1. The van der Waals surface area contributed by atoms with Crippen LogP contribution in [0.3, 0.4) is 0 Å². The molecule has 1 fully saturated rings. The van der Waals surface area contributed by atoms with Gasteiger partial charge in [-0.15, -0.1) is 0 Å². The minimum absolute atomic E-state index is 0.0244. The monoisotopic (exact) mass is 568 g/mol. The maximum Gasteiger partial charge on any atom is 0.339 e. The minimum atomic E-state index is -4.17. The molecular weight excluding hydrogens is 540 g/mol. The third kappa shape index (κ3) is 6.20. The highest BCUT2D eigenvalue weighted by atomic mass is 79.9. The maximum absolute atomic E-state index is 13.4. The number of methoxy groups -OCH3 is 2. The number of sulfonamides is 1. The molecule has 0 spiro atoms.